The fraction of sp³-hybridized carbons (Fsp3) is 0.435. The molecule has 0 N–H and O–H groups in total. The second kappa shape index (κ2) is 12.0. The van der Waals surface area contributed by atoms with Crippen molar-refractivity contribution >= 4 is 25.8 Å². The standard InChI is InChI=1S/C23H32O6SSi/c1-25-16-29-19-14-20(26-2)22(27-3)18(15-30-17-10-8-7-9-11-17)21(19)23(24)28-12-13-31(4,5)6/h7-11,14H,12-13,15-16H2,1-6H3. The number of carbonyl (C=O) groups is 1. The maximum atomic E-state index is 13.2. The van der Waals surface area contributed by atoms with E-state index in [2.05, 4.69) is 19.6 Å². The van der Waals surface area contributed by atoms with Gasteiger partial charge in [0.2, 0.25) is 0 Å². The Morgan fingerprint density at radius 2 is 1.71 bits per heavy atom. The Balaban J connectivity index is 2.46. The minimum Gasteiger partial charge on any atom is -0.493 e. The van der Waals surface area contributed by atoms with Crippen molar-refractivity contribution in [3.63, 3.8) is 0 Å². The van der Waals surface area contributed by atoms with Gasteiger partial charge in [-0.3, -0.25) is 0 Å². The fourth-order valence-corrected chi connectivity index (χ4v) is 4.49. The van der Waals surface area contributed by atoms with E-state index in [9.17, 15) is 4.79 Å². The average molecular weight is 465 g/mol. The van der Waals surface area contributed by atoms with Crippen LogP contribution in [-0.2, 0) is 15.2 Å². The second-order valence-electron chi connectivity index (χ2n) is 8.06. The molecular formula is C23H32O6SSi. The Hall–Kier alpha value is -2.16. The quantitative estimate of drug-likeness (QED) is 0.178. The van der Waals surface area contributed by atoms with Gasteiger partial charge in [-0.25, -0.2) is 4.79 Å². The summed E-state index contributed by atoms with van der Waals surface area (Å²) in [6, 6.07) is 12.5. The largest absolute Gasteiger partial charge is 0.493 e. The maximum absolute atomic E-state index is 13.2. The minimum absolute atomic E-state index is 0.00403. The van der Waals surface area contributed by atoms with Crippen molar-refractivity contribution in [2.24, 2.45) is 0 Å². The molecule has 31 heavy (non-hydrogen) atoms. The molecule has 0 bridgehead atoms. The van der Waals surface area contributed by atoms with Crippen LogP contribution in [0.2, 0.25) is 25.7 Å². The Labute approximate surface area is 190 Å². The Morgan fingerprint density at radius 3 is 2.29 bits per heavy atom. The molecule has 2 rings (SSSR count). The van der Waals surface area contributed by atoms with Crippen molar-refractivity contribution in [3.05, 3.63) is 47.5 Å². The zero-order valence-electron chi connectivity index (χ0n) is 19.2. The molecule has 0 radical (unpaired) electrons. The lowest BCUT2D eigenvalue weighted by Crippen LogP contribution is -2.23. The second-order valence-corrected chi connectivity index (χ2v) is 14.7. The zero-order chi connectivity index (χ0) is 22.9. The van der Waals surface area contributed by atoms with Gasteiger partial charge in [-0.05, 0) is 18.2 Å². The van der Waals surface area contributed by atoms with Gasteiger partial charge in [-0.1, -0.05) is 37.8 Å². The van der Waals surface area contributed by atoms with E-state index in [1.54, 1.807) is 32.0 Å². The molecule has 0 spiro atoms. The number of carbonyl (C=O) groups excluding carboxylic acids is 1. The lowest BCUT2D eigenvalue weighted by Gasteiger charge is -2.21. The van der Waals surface area contributed by atoms with Crippen molar-refractivity contribution < 1.29 is 28.5 Å². The van der Waals surface area contributed by atoms with E-state index < -0.39 is 14.0 Å². The molecule has 0 aliphatic rings. The van der Waals surface area contributed by atoms with Crippen LogP contribution in [0.1, 0.15) is 15.9 Å². The van der Waals surface area contributed by atoms with Gasteiger partial charge >= 0.3 is 5.97 Å². The third kappa shape index (κ3) is 7.48. The first-order valence-electron chi connectivity index (χ1n) is 10.0. The number of ether oxygens (including phenoxy) is 5. The van der Waals surface area contributed by atoms with Crippen molar-refractivity contribution in [1.29, 1.82) is 0 Å². The van der Waals surface area contributed by atoms with Crippen LogP contribution in [0.15, 0.2) is 41.3 Å². The van der Waals surface area contributed by atoms with Crippen LogP contribution < -0.4 is 14.2 Å². The summed E-state index contributed by atoms with van der Waals surface area (Å²) in [6.45, 7) is 7.10. The predicted molar refractivity (Wildman–Crippen MR) is 126 cm³/mol. The number of methoxy groups -OCH3 is 3. The number of rotatable bonds is 12. The van der Waals surface area contributed by atoms with Crippen LogP contribution in [0.4, 0.5) is 0 Å². The summed E-state index contributed by atoms with van der Waals surface area (Å²) in [7, 11) is 3.30. The first kappa shape index (κ1) is 25.1. The zero-order valence-corrected chi connectivity index (χ0v) is 21.0. The molecule has 0 aliphatic heterocycles. The molecule has 0 unspecified atom stereocenters. The number of hydrogen-bond donors (Lipinski definition) is 0. The summed E-state index contributed by atoms with van der Waals surface area (Å²) >= 11 is 1.59. The summed E-state index contributed by atoms with van der Waals surface area (Å²) in [5.74, 6) is 1.37. The van der Waals surface area contributed by atoms with Gasteiger partial charge in [0.05, 0.1) is 20.8 Å². The third-order valence-corrected chi connectivity index (χ3v) is 7.22. The first-order valence-corrected chi connectivity index (χ1v) is 14.7. The Bertz CT molecular complexity index is 851. The van der Waals surface area contributed by atoms with Crippen LogP contribution in [0.3, 0.4) is 0 Å². The molecule has 0 saturated heterocycles. The van der Waals surface area contributed by atoms with Crippen molar-refractivity contribution in [1.82, 2.24) is 0 Å². The van der Waals surface area contributed by atoms with Crippen LogP contribution in [0, 0.1) is 0 Å². The van der Waals surface area contributed by atoms with Gasteiger partial charge in [0.25, 0.3) is 0 Å². The molecule has 0 aliphatic carbocycles. The molecule has 0 atom stereocenters. The number of thioether (sulfide) groups is 1. The highest BCUT2D eigenvalue weighted by Gasteiger charge is 2.27. The van der Waals surface area contributed by atoms with E-state index in [1.807, 2.05) is 30.3 Å². The lowest BCUT2D eigenvalue weighted by molar-refractivity contribution is 0.0434. The summed E-state index contributed by atoms with van der Waals surface area (Å²) in [5.41, 5.74) is 1.01. The number of benzene rings is 2. The molecule has 2 aromatic rings. The highest BCUT2D eigenvalue weighted by Crippen LogP contribution is 2.42. The number of esters is 1. The molecule has 2 aromatic carbocycles. The summed E-state index contributed by atoms with van der Waals surface area (Å²) < 4.78 is 27.6. The molecule has 170 valence electrons. The van der Waals surface area contributed by atoms with Crippen molar-refractivity contribution in [3.8, 4) is 17.2 Å². The molecular weight excluding hydrogens is 432 g/mol. The predicted octanol–water partition coefficient (Wildman–Crippen LogP) is 5.47. The molecule has 0 aromatic heterocycles. The van der Waals surface area contributed by atoms with Crippen LogP contribution in [-0.4, -0.2) is 48.8 Å². The molecule has 0 heterocycles. The Morgan fingerprint density at radius 1 is 1.00 bits per heavy atom. The SMILES string of the molecule is COCOc1cc(OC)c(OC)c(CSc2ccccc2)c1C(=O)OCC[Si](C)(C)C. The molecule has 0 saturated carbocycles. The monoisotopic (exact) mass is 464 g/mol. The average Bonchev–Trinajstić information content (AvgIpc) is 2.74. The van der Waals surface area contributed by atoms with Crippen LogP contribution in [0.5, 0.6) is 17.2 Å². The highest BCUT2D eigenvalue weighted by atomic mass is 32.2. The topological polar surface area (TPSA) is 63.2 Å². The van der Waals surface area contributed by atoms with Crippen molar-refractivity contribution in [2.75, 3.05) is 34.7 Å². The minimum atomic E-state index is -1.34. The number of hydrogen-bond acceptors (Lipinski definition) is 7. The van der Waals surface area contributed by atoms with Gasteiger partial charge in [-0.15, -0.1) is 11.8 Å². The van der Waals surface area contributed by atoms with Gasteiger partial charge in [0.15, 0.2) is 18.3 Å². The van der Waals surface area contributed by atoms with Crippen molar-refractivity contribution in [2.45, 2.75) is 36.3 Å². The van der Waals surface area contributed by atoms with E-state index in [0.29, 0.717) is 40.7 Å². The first-order chi connectivity index (χ1) is 14.8. The van der Waals surface area contributed by atoms with Gasteiger partial charge in [0, 0.05) is 37.5 Å². The molecule has 6 nitrogen and oxygen atoms in total. The van der Waals surface area contributed by atoms with Gasteiger partial charge in [0.1, 0.15) is 11.3 Å². The van der Waals surface area contributed by atoms with E-state index in [4.69, 9.17) is 23.7 Å². The molecule has 0 amide bonds. The highest BCUT2D eigenvalue weighted by molar-refractivity contribution is 7.98. The molecule has 0 fully saturated rings. The smallest absolute Gasteiger partial charge is 0.342 e. The van der Waals surface area contributed by atoms with E-state index >= 15 is 0 Å². The van der Waals surface area contributed by atoms with Crippen LogP contribution >= 0.6 is 11.8 Å². The van der Waals surface area contributed by atoms with Gasteiger partial charge in [-0.2, -0.15) is 0 Å². The normalized spacial score (nSPS) is 11.2. The molecule has 8 heteroatoms. The maximum Gasteiger partial charge on any atom is 0.342 e. The fourth-order valence-electron chi connectivity index (χ4n) is 2.84. The van der Waals surface area contributed by atoms with E-state index in [1.165, 1.54) is 7.11 Å². The summed E-state index contributed by atoms with van der Waals surface area (Å²) in [6.07, 6.45) is 0. The van der Waals surface area contributed by atoms with E-state index in [-0.39, 0.29) is 6.79 Å². The summed E-state index contributed by atoms with van der Waals surface area (Å²) in [4.78, 5) is 14.3. The van der Waals surface area contributed by atoms with E-state index in [0.717, 1.165) is 10.9 Å². The van der Waals surface area contributed by atoms with Gasteiger partial charge < -0.3 is 23.7 Å². The lowest BCUT2D eigenvalue weighted by atomic mass is 10.1. The Kier molecular flexibility index (Phi) is 9.73. The summed E-state index contributed by atoms with van der Waals surface area (Å²) in [5, 5.41) is 0. The third-order valence-electron chi connectivity index (χ3n) is 4.48. The van der Waals surface area contributed by atoms with Crippen LogP contribution in [0.25, 0.3) is 0 Å².